The number of hydrogen-bond donors (Lipinski definition) is 23. The summed E-state index contributed by atoms with van der Waals surface area (Å²) in [7, 11) is 1.46. The van der Waals surface area contributed by atoms with Gasteiger partial charge in [-0.3, -0.25) is 38.4 Å². The van der Waals surface area contributed by atoms with E-state index in [1.807, 2.05) is 0 Å². The number of thiophene rings is 1. The molecule has 11 bridgehead atoms. The molecule has 0 aliphatic carbocycles. The minimum Gasteiger partial charge on any atom is -0.508 e. The van der Waals surface area contributed by atoms with Crippen molar-refractivity contribution >= 4 is 105 Å². The number of hydrogen-bond acceptors (Lipinski definition) is 32. The molecule has 7 aromatic rings. The van der Waals surface area contributed by atoms with Crippen LogP contribution < -0.4 is 73.5 Å². The first-order valence-electron chi connectivity index (χ1n) is 40.2. The average molecular weight is 1860 g/mol. The van der Waals surface area contributed by atoms with Gasteiger partial charge in [-0.1, -0.05) is 66.8 Å². The van der Waals surface area contributed by atoms with Crippen molar-refractivity contribution in [2.24, 2.45) is 17.4 Å². The van der Waals surface area contributed by atoms with Crippen LogP contribution in [0.1, 0.15) is 120 Å². The fourth-order valence-electron chi connectivity index (χ4n) is 15.7. The first kappa shape index (κ1) is 94.9. The molecule has 0 saturated carbocycles. The van der Waals surface area contributed by atoms with Crippen molar-refractivity contribution in [2.75, 3.05) is 25.5 Å². The third-order valence-electron chi connectivity index (χ3n) is 22.3. The van der Waals surface area contributed by atoms with E-state index >= 15 is 24.0 Å². The molecule has 8 aliphatic heterocycles. The number of aliphatic carboxylic acids is 1. The van der Waals surface area contributed by atoms with Gasteiger partial charge in [-0.15, -0.1) is 11.3 Å². The summed E-state index contributed by atoms with van der Waals surface area (Å²) < 4.78 is 51.2. The molecule has 8 amide bonds. The van der Waals surface area contributed by atoms with E-state index in [0.717, 1.165) is 78.1 Å². The highest BCUT2D eigenvalue weighted by atomic mass is 35.5. The molecule has 40 nitrogen and oxygen atoms in total. The number of likely N-dealkylation sites (N-methyl/N-ethyl adjacent to an activating group) is 1. The summed E-state index contributed by atoms with van der Waals surface area (Å²) in [6.45, 7) is 5.21. The molecule has 6 aromatic carbocycles. The molecule has 1 aromatic heterocycles. The Bertz CT molecular complexity index is 5370. The van der Waals surface area contributed by atoms with E-state index in [4.69, 9.17) is 84.2 Å². The average Bonchev–Trinajstić information content (AvgIpc) is 0.805. The Morgan fingerprint density at radius 2 is 1.29 bits per heavy atom. The number of benzene rings is 6. The van der Waals surface area contributed by atoms with Gasteiger partial charge < -0.3 is 158 Å². The van der Waals surface area contributed by atoms with Crippen LogP contribution in [0.25, 0.3) is 11.1 Å². The van der Waals surface area contributed by atoms with E-state index in [1.165, 1.54) is 33.0 Å². The fraction of sp³-hybridized carbons (Fsp3) is 0.417. The van der Waals surface area contributed by atoms with Crippen LogP contribution in [0, 0.1) is 5.92 Å². The minimum atomic E-state index is -2.44. The molecule has 23 atom stereocenters. The summed E-state index contributed by atoms with van der Waals surface area (Å²) in [6, 6.07) is 8.54. The Morgan fingerprint density at radius 1 is 0.656 bits per heavy atom. The summed E-state index contributed by atoms with van der Waals surface area (Å²) in [5.41, 5.74) is 8.42. The number of phenolic OH excluding ortho intramolecular Hbond substituents is 3. The van der Waals surface area contributed by atoms with Crippen LogP contribution in [0.3, 0.4) is 0 Å². The lowest BCUT2D eigenvalue weighted by Gasteiger charge is -2.46. The molecule has 9 heterocycles. The van der Waals surface area contributed by atoms with Gasteiger partial charge in [0.25, 0.3) is 5.91 Å². The lowest BCUT2D eigenvalue weighted by atomic mass is 9.86. The predicted molar refractivity (Wildman–Crippen MR) is 450 cm³/mol. The molecule has 0 spiro atoms. The first-order chi connectivity index (χ1) is 60.7. The number of nitrogens with two attached hydrogens (primary N) is 2. The number of amides is 8. The zero-order chi connectivity index (χ0) is 92.5. The highest BCUT2D eigenvalue weighted by Gasteiger charge is 2.53. The number of carbonyl (C=O) groups is 9. The third-order valence-corrected chi connectivity index (χ3v) is 24.3. The molecule has 128 heavy (non-hydrogen) atoms. The smallest absolute Gasteiger partial charge is 0.330 e. The third kappa shape index (κ3) is 20.9. The SMILES string of the molecule is CN[C@H](CC(C)C)C(=O)NC1C(=O)N[C@@H](CC(N)=O)C(=O)N[C@H]2C(=O)N[C@H]3C(=O)N[C@H](C(=O)N[C@@H](C(=O)O)c4cc(O)cc(O)c4-c4cc3ccc4O)[C@H](O[C@H]3C[C@](C)(N)[C@@H](O)[C@H](C)O3)c3ccc(c(Cl)c3)Oc3cc2cc(c3O[C@@H]2O[C@H](CO)[C@@H](O[C@@H]3O[C@H](CNCc4ccc(C(=O)Nc5ccc(Cl)cc5)s4)[C@H](O)[C@H](O)[C@H]3O)[C@H](O)[C@H]2O)Oc2ccc(cc2Cl)[C@H]1O. The van der Waals surface area contributed by atoms with E-state index in [9.17, 15) is 80.5 Å². The van der Waals surface area contributed by atoms with Crippen LogP contribution in [0.4, 0.5) is 5.69 Å². The van der Waals surface area contributed by atoms with E-state index in [2.05, 4.69) is 47.9 Å². The van der Waals surface area contributed by atoms with Crippen LogP contribution >= 0.6 is 46.1 Å². The number of nitrogens with one attached hydrogen (secondary N) is 9. The molecule has 25 N–H and O–H groups in total. The number of anilines is 1. The van der Waals surface area contributed by atoms with Gasteiger partial charge in [-0.05, 0) is 146 Å². The number of aromatic hydroxyl groups is 3. The number of halogens is 3. The Balaban J connectivity index is 0.949. The Kier molecular flexibility index (Phi) is 29.4. The van der Waals surface area contributed by atoms with Gasteiger partial charge >= 0.3 is 5.97 Å². The van der Waals surface area contributed by atoms with Crippen molar-refractivity contribution in [1.29, 1.82) is 0 Å². The monoisotopic (exact) mass is 1860 g/mol. The fourth-order valence-corrected chi connectivity index (χ4v) is 17.1. The molecule has 1 unspecified atom stereocenters. The summed E-state index contributed by atoms with van der Waals surface area (Å²) in [6.07, 6.45) is -29.6. The lowest BCUT2D eigenvalue weighted by molar-refractivity contribution is -0.350. The molecular formula is C84H94Cl3N11O29S. The molecule has 0 radical (unpaired) electrons. The second kappa shape index (κ2) is 39.7. The standard InChI is InChI=1S/C84H94Cl3N11O29S/c1-31(2)18-45(90-5)74(111)97-62-64(104)34-7-15-49(43(86)20-34)121-51-22-36-23-52(71(51)126-83-69(109)67(107)72(54(30-99)124-83)127-82-68(108)66(106)65(105)53(123-82)29-91-28-40-13-17-55(128-40)76(113)92-38-11-9-37(85)10-12-38)122-50-16-8-35(21-44(50)87)70(125-57-27-84(4,89)73(110)32(3)120-57)63-80(117)96-61(81(118)119)42-24-39(100)25-48(102)58(42)41-19-33(6-14-47(41)101)59(77(114)98-63)95-78(115)60(36)94-75(112)46(26-56(88)103)93-79(62)116/h6-17,19-25,31-32,45-46,53-54,57,59-70,72-73,82-83,90-91,99-102,104-110H,18,26-30,89H2,1-5H3,(H2,88,103)(H,92,113)(H,93,116)(H,94,112)(H,95,115)(H,96,117)(H,97,111)(H,98,114)(H,118,119)/t32-,45+,46-,53+,54+,57-,59+,60+,61+,62?,63-,64+,65-,66-,67+,68+,69+,70+,72+,73-,82-,83-,84-/m0/s1. The number of carboxylic acid groups (broad SMARTS) is 1. The van der Waals surface area contributed by atoms with Crippen LogP contribution in [-0.2, 0) is 68.6 Å². The summed E-state index contributed by atoms with van der Waals surface area (Å²) in [5.74, 6) is -17.2. The summed E-state index contributed by atoms with van der Waals surface area (Å²) in [4.78, 5) is 134. The van der Waals surface area contributed by atoms with Crippen LogP contribution in [0.2, 0.25) is 15.1 Å². The number of aliphatic hydroxyl groups excluding tert-OH is 8. The van der Waals surface area contributed by atoms with Gasteiger partial charge in [0, 0.05) is 63.4 Å². The van der Waals surface area contributed by atoms with Crippen molar-refractivity contribution in [1.82, 2.24) is 42.5 Å². The van der Waals surface area contributed by atoms with E-state index in [0.29, 0.717) is 20.5 Å². The molecule has 15 rings (SSSR count). The maximum atomic E-state index is 16.4. The zero-order valence-electron chi connectivity index (χ0n) is 68.5. The predicted octanol–water partition coefficient (Wildman–Crippen LogP) is 1.70. The van der Waals surface area contributed by atoms with Gasteiger partial charge in [0.15, 0.2) is 30.1 Å². The zero-order valence-corrected chi connectivity index (χ0v) is 71.6. The molecular weight excluding hydrogens is 1770 g/mol. The second-order valence-electron chi connectivity index (χ2n) is 32.2. The molecule has 8 aliphatic rings. The normalized spacial score (nSPS) is 29.3. The van der Waals surface area contributed by atoms with Crippen molar-refractivity contribution in [3.63, 3.8) is 0 Å². The number of carboxylic acids is 1. The number of primary amides is 1. The lowest BCUT2D eigenvalue weighted by Crippen LogP contribution is -2.65. The van der Waals surface area contributed by atoms with Crippen LogP contribution in [-0.4, -0.2) is 244 Å². The van der Waals surface area contributed by atoms with E-state index < -0.39 is 290 Å². The van der Waals surface area contributed by atoms with Crippen molar-refractivity contribution in [3.05, 3.63) is 168 Å². The van der Waals surface area contributed by atoms with Gasteiger partial charge in [0.2, 0.25) is 53.4 Å². The number of carbonyl (C=O) groups excluding carboxylic acids is 8. The quantitative estimate of drug-likeness (QED) is 0.0487. The van der Waals surface area contributed by atoms with E-state index in [-0.39, 0.29) is 43.0 Å². The molecule has 686 valence electrons. The van der Waals surface area contributed by atoms with Crippen molar-refractivity contribution < 1.29 is 142 Å². The van der Waals surface area contributed by atoms with Crippen LogP contribution in [0.5, 0.6) is 46.0 Å². The highest BCUT2D eigenvalue weighted by molar-refractivity contribution is 7.14. The second-order valence-corrected chi connectivity index (χ2v) is 34.6. The Hall–Kier alpha value is -10.7. The maximum Gasteiger partial charge on any atom is 0.330 e. The number of rotatable bonds is 21. The van der Waals surface area contributed by atoms with Gasteiger partial charge in [0.1, 0.15) is 120 Å². The summed E-state index contributed by atoms with van der Waals surface area (Å²) in [5, 5.41) is 163. The molecule has 3 fully saturated rings. The number of ether oxygens (including phenoxy) is 8. The summed E-state index contributed by atoms with van der Waals surface area (Å²) >= 11 is 21.6. The molecule has 3 saturated heterocycles. The Morgan fingerprint density at radius 3 is 1.93 bits per heavy atom. The Labute approximate surface area is 747 Å². The number of phenols is 3. The van der Waals surface area contributed by atoms with Crippen molar-refractivity contribution in [2.45, 2.75) is 193 Å². The van der Waals surface area contributed by atoms with Gasteiger partial charge in [-0.2, -0.15) is 0 Å². The molecule has 44 heteroatoms. The van der Waals surface area contributed by atoms with Crippen molar-refractivity contribution in [3.8, 4) is 57.1 Å². The number of aliphatic hydroxyl groups is 8. The van der Waals surface area contributed by atoms with Crippen LogP contribution in [0.15, 0.2) is 115 Å². The van der Waals surface area contributed by atoms with Gasteiger partial charge in [-0.25, -0.2) is 4.79 Å². The topological polar surface area (TPSA) is 631 Å². The highest BCUT2D eigenvalue weighted by Crippen LogP contribution is 2.50. The maximum absolute atomic E-state index is 16.4. The largest absolute Gasteiger partial charge is 0.508 e. The van der Waals surface area contributed by atoms with Gasteiger partial charge in [0.05, 0.1) is 46.2 Å². The van der Waals surface area contributed by atoms with E-state index in [1.54, 1.807) is 50.2 Å². The minimum absolute atomic E-state index is 0.0826. The number of fused-ring (bicyclic) bond motifs is 15. The first-order valence-corrected chi connectivity index (χ1v) is 42.1.